The number of hydrogen-bond acceptors (Lipinski definition) is 1. The van der Waals surface area contributed by atoms with E-state index in [4.69, 9.17) is 4.74 Å². The molecule has 0 spiro atoms. The molecule has 0 rings (SSSR count). The lowest BCUT2D eigenvalue weighted by Gasteiger charge is -2.06. The van der Waals surface area contributed by atoms with Crippen LogP contribution in [0.4, 0.5) is 0 Å². The van der Waals surface area contributed by atoms with E-state index in [0.717, 1.165) is 25.0 Å². The lowest BCUT2D eigenvalue weighted by atomic mass is 10.1. The fourth-order valence-corrected chi connectivity index (χ4v) is 1.79. The molecule has 0 radical (unpaired) electrons. The van der Waals surface area contributed by atoms with Crippen molar-refractivity contribution >= 4 is 0 Å². The fraction of sp³-hybridized carbons (Fsp3) is 1.00. The van der Waals surface area contributed by atoms with Crippen molar-refractivity contribution in [2.24, 2.45) is 11.8 Å². The molecule has 0 heterocycles. The Kier molecular flexibility index (Phi) is 11.4. The van der Waals surface area contributed by atoms with Crippen molar-refractivity contribution in [2.45, 2.75) is 72.6 Å². The van der Waals surface area contributed by atoms with Crippen LogP contribution in [0.1, 0.15) is 72.6 Å². The molecule has 0 N–H and O–H groups in total. The van der Waals surface area contributed by atoms with Crippen molar-refractivity contribution in [1.82, 2.24) is 0 Å². The van der Waals surface area contributed by atoms with Gasteiger partial charge in [0.2, 0.25) is 0 Å². The van der Waals surface area contributed by atoms with Gasteiger partial charge in [-0.2, -0.15) is 0 Å². The number of hydrogen-bond donors (Lipinski definition) is 0. The number of unbranched alkanes of at least 4 members (excludes halogenated alkanes) is 3. The van der Waals surface area contributed by atoms with Gasteiger partial charge in [-0.05, 0) is 24.7 Å². The van der Waals surface area contributed by atoms with Gasteiger partial charge in [0.25, 0.3) is 0 Å². The summed E-state index contributed by atoms with van der Waals surface area (Å²) in [5.74, 6) is 1.70. The Bertz CT molecular complexity index is 113. The van der Waals surface area contributed by atoms with Gasteiger partial charge in [0, 0.05) is 13.2 Å². The van der Waals surface area contributed by atoms with Gasteiger partial charge in [-0.3, -0.25) is 0 Å². The summed E-state index contributed by atoms with van der Waals surface area (Å²) in [6.07, 6.45) is 9.23. The van der Waals surface area contributed by atoms with Gasteiger partial charge >= 0.3 is 0 Å². The van der Waals surface area contributed by atoms with Crippen LogP contribution in [0.15, 0.2) is 0 Å². The van der Waals surface area contributed by atoms with Crippen LogP contribution < -0.4 is 0 Å². The Labute approximate surface area is 103 Å². The van der Waals surface area contributed by atoms with Gasteiger partial charge in [-0.25, -0.2) is 0 Å². The van der Waals surface area contributed by atoms with Crippen LogP contribution in [0.2, 0.25) is 0 Å². The van der Waals surface area contributed by atoms with Crippen molar-refractivity contribution in [3.05, 3.63) is 0 Å². The molecule has 0 saturated carbocycles. The van der Waals surface area contributed by atoms with Gasteiger partial charge in [0.15, 0.2) is 0 Å². The van der Waals surface area contributed by atoms with E-state index in [-0.39, 0.29) is 0 Å². The Morgan fingerprint density at radius 1 is 0.625 bits per heavy atom. The number of ether oxygens (including phenoxy) is 1. The highest BCUT2D eigenvalue weighted by Gasteiger charge is 1.96. The molecule has 0 aliphatic heterocycles. The van der Waals surface area contributed by atoms with Crippen LogP contribution in [-0.2, 0) is 4.74 Å². The third kappa shape index (κ3) is 14.0. The Morgan fingerprint density at radius 2 is 1.06 bits per heavy atom. The van der Waals surface area contributed by atoms with Crippen molar-refractivity contribution in [2.75, 3.05) is 13.2 Å². The average molecular weight is 228 g/mol. The summed E-state index contributed by atoms with van der Waals surface area (Å²) < 4.78 is 5.62. The first-order valence-corrected chi connectivity index (χ1v) is 7.20. The smallest absolute Gasteiger partial charge is 0.0466 e. The van der Waals surface area contributed by atoms with E-state index in [1.807, 2.05) is 0 Å². The molecule has 0 unspecified atom stereocenters. The topological polar surface area (TPSA) is 9.23 Å². The molecule has 0 aromatic rings. The first-order chi connectivity index (χ1) is 7.63. The Hall–Kier alpha value is -0.0400. The summed E-state index contributed by atoms with van der Waals surface area (Å²) in [5, 5.41) is 0. The van der Waals surface area contributed by atoms with E-state index in [1.54, 1.807) is 0 Å². The van der Waals surface area contributed by atoms with Crippen LogP contribution in [-0.4, -0.2) is 13.2 Å². The Morgan fingerprint density at radius 3 is 1.56 bits per heavy atom. The van der Waals surface area contributed by atoms with Gasteiger partial charge < -0.3 is 4.74 Å². The third-order valence-electron chi connectivity index (χ3n) is 2.89. The van der Waals surface area contributed by atoms with Crippen LogP contribution in [0.25, 0.3) is 0 Å². The van der Waals surface area contributed by atoms with E-state index < -0.39 is 0 Å². The molecule has 0 atom stereocenters. The minimum atomic E-state index is 0.844. The molecule has 98 valence electrons. The van der Waals surface area contributed by atoms with E-state index in [1.165, 1.54) is 44.9 Å². The largest absolute Gasteiger partial charge is 0.381 e. The molecule has 0 aromatic carbocycles. The zero-order valence-electron chi connectivity index (χ0n) is 11.9. The third-order valence-corrected chi connectivity index (χ3v) is 2.89. The maximum atomic E-state index is 5.62. The molecule has 0 amide bonds. The highest BCUT2D eigenvalue weighted by atomic mass is 16.5. The SMILES string of the molecule is CC(C)CCCCCOCCCCC(C)C. The van der Waals surface area contributed by atoms with E-state index >= 15 is 0 Å². The van der Waals surface area contributed by atoms with Crippen molar-refractivity contribution in [3.8, 4) is 0 Å². The summed E-state index contributed by atoms with van der Waals surface area (Å²) in [6.45, 7) is 11.1. The summed E-state index contributed by atoms with van der Waals surface area (Å²) >= 11 is 0. The van der Waals surface area contributed by atoms with Crippen molar-refractivity contribution < 1.29 is 4.74 Å². The summed E-state index contributed by atoms with van der Waals surface area (Å²) in [6, 6.07) is 0. The fourth-order valence-electron chi connectivity index (χ4n) is 1.79. The molecule has 0 aliphatic carbocycles. The lowest BCUT2D eigenvalue weighted by molar-refractivity contribution is 0.125. The van der Waals surface area contributed by atoms with E-state index in [2.05, 4.69) is 27.7 Å². The Balaban J connectivity index is 2.93. The van der Waals surface area contributed by atoms with Crippen LogP contribution in [0.5, 0.6) is 0 Å². The molecule has 1 nitrogen and oxygen atoms in total. The molecule has 0 fully saturated rings. The molecule has 0 saturated heterocycles. The molecule has 16 heavy (non-hydrogen) atoms. The predicted molar refractivity (Wildman–Crippen MR) is 72.8 cm³/mol. The quantitative estimate of drug-likeness (QED) is 0.450. The van der Waals surface area contributed by atoms with Crippen molar-refractivity contribution in [1.29, 1.82) is 0 Å². The predicted octanol–water partition coefficient (Wildman–Crippen LogP) is 5.05. The zero-order valence-corrected chi connectivity index (χ0v) is 11.9. The summed E-state index contributed by atoms with van der Waals surface area (Å²) in [7, 11) is 0. The van der Waals surface area contributed by atoms with Crippen molar-refractivity contribution in [3.63, 3.8) is 0 Å². The average Bonchev–Trinajstić information content (AvgIpc) is 2.20. The van der Waals surface area contributed by atoms with Gasteiger partial charge in [0.1, 0.15) is 0 Å². The second-order valence-electron chi connectivity index (χ2n) is 5.75. The maximum Gasteiger partial charge on any atom is 0.0466 e. The first-order valence-electron chi connectivity index (χ1n) is 7.20. The van der Waals surface area contributed by atoms with Crippen LogP contribution in [0.3, 0.4) is 0 Å². The monoisotopic (exact) mass is 228 g/mol. The molecule has 0 aromatic heterocycles. The molecule has 1 heteroatoms. The summed E-state index contributed by atoms with van der Waals surface area (Å²) in [4.78, 5) is 0. The normalized spacial score (nSPS) is 11.6. The van der Waals surface area contributed by atoms with E-state index in [0.29, 0.717) is 0 Å². The molecule has 0 aliphatic rings. The van der Waals surface area contributed by atoms with Gasteiger partial charge in [-0.15, -0.1) is 0 Å². The maximum absolute atomic E-state index is 5.62. The highest BCUT2D eigenvalue weighted by molar-refractivity contribution is 4.48. The molecule has 0 bridgehead atoms. The minimum Gasteiger partial charge on any atom is -0.381 e. The lowest BCUT2D eigenvalue weighted by Crippen LogP contribution is -1.98. The zero-order chi connectivity index (χ0) is 12.2. The standard InChI is InChI=1S/C15H32O/c1-14(2)10-6-5-8-12-16-13-9-7-11-15(3)4/h14-15H,5-13H2,1-4H3. The molecular formula is C15H32O. The van der Waals surface area contributed by atoms with Gasteiger partial charge in [0.05, 0.1) is 0 Å². The number of rotatable bonds is 11. The highest BCUT2D eigenvalue weighted by Crippen LogP contribution is 2.09. The summed E-state index contributed by atoms with van der Waals surface area (Å²) in [5.41, 5.74) is 0. The first kappa shape index (κ1) is 16.0. The second-order valence-corrected chi connectivity index (χ2v) is 5.75. The van der Waals surface area contributed by atoms with Crippen LogP contribution in [0, 0.1) is 11.8 Å². The van der Waals surface area contributed by atoms with E-state index in [9.17, 15) is 0 Å². The second kappa shape index (κ2) is 11.4. The minimum absolute atomic E-state index is 0.844. The van der Waals surface area contributed by atoms with Gasteiger partial charge in [-0.1, -0.05) is 59.8 Å². The molecular weight excluding hydrogens is 196 g/mol. The van der Waals surface area contributed by atoms with Crippen LogP contribution >= 0.6 is 0 Å².